The van der Waals surface area contributed by atoms with Gasteiger partial charge in [-0.1, -0.05) is 34.1 Å². The average Bonchev–Trinajstić information content (AvgIpc) is 2.93. The molecule has 0 aromatic heterocycles. The number of hydrogen-bond acceptors (Lipinski definition) is 4. The van der Waals surface area contributed by atoms with E-state index in [1.54, 1.807) is 23.1 Å². The maximum absolute atomic E-state index is 12.7. The second-order valence-corrected chi connectivity index (χ2v) is 7.26. The number of carbonyl (C=O) groups is 3. The van der Waals surface area contributed by atoms with Gasteiger partial charge in [0.25, 0.3) is 11.8 Å². The van der Waals surface area contributed by atoms with Crippen molar-refractivity contribution in [1.29, 1.82) is 5.26 Å². The molecule has 0 unspecified atom stereocenters. The molecule has 3 rings (SSSR count). The first-order valence-corrected chi connectivity index (χ1v) is 9.70. The molecule has 0 saturated carbocycles. The van der Waals surface area contributed by atoms with E-state index in [4.69, 9.17) is 5.26 Å². The quantitative estimate of drug-likeness (QED) is 0.614. The first kappa shape index (κ1) is 19.8. The Morgan fingerprint density at radius 3 is 2.50 bits per heavy atom. The number of para-hydroxylation sites is 1. The molecule has 0 radical (unpaired) electrons. The minimum absolute atomic E-state index is 0.138. The lowest BCUT2D eigenvalue weighted by Gasteiger charge is -2.22. The van der Waals surface area contributed by atoms with Crippen LogP contribution >= 0.6 is 15.9 Å². The number of amides is 3. The minimum Gasteiger partial charge on any atom is -0.311 e. The fourth-order valence-electron chi connectivity index (χ4n) is 3.16. The Hall–Kier alpha value is -2.98. The Kier molecular flexibility index (Phi) is 6.22. The fraction of sp³-hybridized carbons (Fsp3) is 0.238. The van der Waals surface area contributed by atoms with Gasteiger partial charge in [-0.05, 0) is 36.8 Å². The Balaban J connectivity index is 1.62. The molecule has 1 aliphatic heterocycles. The SMILES string of the molecule is N#CCCN(C(=O)CCCN1C(=O)c2ccc(Br)cc2C1=O)c1ccccc1. The van der Waals surface area contributed by atoms with Crippen LogP contribution in [0.5, 0.6) is 0 Å². The lowest BCUT2D eigenvalue weighted by atomic mass is 10.1. The van der Waals surface area contributed by atoms with Crippen molar-refractivity contribution in [2.75, 3.05) is 18.0 Å². The highest BCUT2D eigenvalue weighted by molar-refractivity contribution is 9.10. The monoisotopic (exact) mass is 439 g/mol. The van der Waals surface area contributed by atoms with Crippen LogP contribution in [0.25, 0.3) is 0 Å². The fourth-order valence-corrected chi connectivity index (χ4v) is 3.52. The molecule has 142 valence electrons. The summed E-state index contributed by atoms with van der Waals surface area (Å²) in [4.78, 5) is 40.4. The topological polar surface area (TPSA) is 81.5 Å². The molecule has 2 aromatic rings. The predicted molar refractivity (Wildman–Crippen MR) is 108 cm³/mol. The molecule has 0 fully saturated rings. The van der Waals surface area contributed by atoms with E-state index in [0.29, 0.717) is 24.1 Å². The van der Waals surface area contributed by atoms with Crippen LogP contribution in [0.3, 0.4) is 0 Å². The van der Waals surface area contributed by atoms with Crippen LogP contribution < -0.4 is 4.90 Å². The predicted octanol–water partition coefficient (Wildman–Crippen LogP) is 3.77. The van der Waals surface area contributed by atoms with Gasteiger partial charge < -0.3 is 4.90 Å². The zero-order valence-corrected chi connectivity index (χ0v) is 16.7. The lowest BCUT2D eigenvalue weighted by molar-refractivity contribution is -0.118. The van der Waals surface area contributed by atoms with Crippen LogP contribution in [-0.2, 0) is 4.79 Å². The van der Waals surface area contributed by atoms with Crippen LogP contribution in [0.2, 0.25) is 0 Å². The van der Waals surface area contributed by atoms with Crippen molar-refractivity contribution in [3.05, 3.63) is 64.1 Å². The normalized spacial score (nSPS) is 12.6. The number of imide groups is 1. The Labute approximate surface area is 171 Å². The van der Waals surface area contributed by atoms with Gasteiger partial charge in [-0.3, -0.25) is 19.3 Å². The van der Waals surface area contributed by atoms with Crippen molar-refractivity contribution in [2.24, 2.45) is 0 Å². The number of fused-ring (bicyclic) bond motifs is 1. The summed E-state index contributed by atoms with van der Waals surface area (Å²) in [5.74, 6) is -0.803. The zero-order valence-electron chi connectivity index (χ0n) is 15.1. The van der Waals surface area contributed by atoms with Gasteiger partial charge in [0.05, 0.1) is 23.6 Å². The second kappa shape index (κ2) is 8.81. The summed E-state index contributed by atoms with van der Waals surface area (Å²) in [6.45, 7) is 0.483. The molecule has 6 nitrogen and oxygen atoms in total. The van der Waals surface area contributed by atoms with Crippen molar-refractivity contribution in [3.63, 3.8) is 0 Å². The van der Waals surface area contributed by atoms with Crippen molar-refractivity contribution in [2.45, 2.75) is 19.3 Å². The molecule has 0 bridgehead atoms. The summed E-state index contributed by atoms with van der Waals surface area (Å²) in [7, 11) is 0. The van der Waals surface area contributed by atoms with Gasteiger partial charge in [0.15, 0.2) is 0 Å². The first-order valence-electron chi connectivity index (χ1n) is 8.91. The van der Waals surface area contributed by atoms with Crippen molar-refractivity contribution in [3.8, 4) is 6.07 Å². The van der Waals surface area contributed by atoms with Crippen LogP contribution in [0.4, 0.5) is 5.69 Å². The molecule has 0 aliphatic carbocycles. The Bertz CT molecular complexity index is 953. The molecule has 1 heterocycles. The highest BCUT2D eigenvalue weighted by atomic mass is 79.9. The Morgan fingerprint density at radius 2 is 1.79 bits per heavy atom. The zero-order chi connectivity index (χ0) is 20.1. The van der Waals surface area contributed by atoms with E-state index in [2.05, 4.69) is 22.0 Å². The highest BCUT2D eigenvalue weighted by Gasteiger charge is 2.35. The molecule has 2 aromatic carbocycles. The van der Waals surface area contributed by atoms with Crippen molar-refractivity contribution in [1.82, 2.24) is 4.90 Å². The molecule has 1 aliphatic rings. The van der Waals surface area contributed by atoms with E-state index < -0.39 is 0 Å². The van der Waals surface area contributed by atoms with E-state index in [1.165, 1.54) is 4.90 Å². The molecule has 0 N–H and O–H groups in total. The summed E-state index contributed by atoms with van der Waals surface area (Å²) in [6, 6.07) is 16.2. The summed E-state index contributed by atoms with van der Waals surface area (Å²) in [5, 5.41) is 8.85. The molecule has 0 saturated heterocycles. The third-order valence-corrected chi connectivity index (χ3v) is 5.01. The van der Waals surface area contributed by atoms with Crippen molar-refractivity contribution < 1.29 is 14.4 Å². The number of carbonyl (C=O) groups excluding carboxylic acids is 3. The number of halogens is 1. The maximum Gasteiger partial charge on any atom is 0.261 e. The Morgan fingerprint density at radius 1 is 1.07 bits per heavy atom. The number of hydrogen-bond donors (Lipinski definition) is 0. The largest absolute Gasteiger partial charge is 0.311 e. The number of rotatable bonds is 7. The van der Waals surface area contributed by atoms with Crippen molar-refractivity contribution >= 4 is 39.3 Å². The standard InChI is InChI=1S/C21H18BrN3O3/c22-15-9-10-17-18(14-15)21(28)25(20(17)27)12-4-8-19(26)24(13-5-11-23)16-6-2-1-3-7-16/h1-3,6-7,9-10,14H,4-5,8,12-13H2. The van der Waals surface area contributed by atoms with E-state index >= 15 is 0 Å². The minimum atomic E-state index is -0.335. The third-order valence-electron chi connectivity index (χ3n) is 4.52. The summed E-state index contributed by atoms with van der Waals surface area (Å²) < 4.78 is 0.737. The average molecular weight is 440 g/mol. The molecular formula is C21H18BrN3O3. The van der Waals surface area contributed by atoms with Crippen LogP contribution in [0.15, 0.2) is 53.0 Å². The van der Waals surface area contributed by atoms with Gasteiger partial charge in [-0.15, -0.1) is 0 Å². The number of nitrogens with zero attached hydrogens (tertiary/aromatic N) is 3. The van der Waals surface area contributed by atoms with Crippen LogP contribution in [0.1, 0.15) is 40.0 Å². The third kappa shape index (κ3) is 4.12. The maximum atomic E-state index is 12.7. The lowest BCUT2D eigenvalue weighted by Crippen LogP contribution is -2.34. The molecule has 3 amide bonds. The van der Waals surface area contributed by atoms with Gasteiger partial charge in [-0.25, -0.2) is 0 Å². The second-order valence-electron chi connectivity index (χ2n) is 6.34. The first-order chi connectivity index (χ1) is 13.5. The summed E-state index contributed by atoms with van der Waals surface area (Å²) in [6.07, 6.45) is 0.771. The van der Waals surface area contributed by atoms with E-state index in [1.807, 2.05) is 30.3 Å². The van der Waals surface area contributed by atoms with E-state index in [-0.39, 0.29) is 37.1 Å². The number of nitriles is 1. The molecule has 28 heavy (non-hydrogen) atoms. The number of anilines is 1. The smallest absolute Gasteiger partial charge is 0.261 e. The van der Waals surface area contributed by atoms with Gasteiger partial charge in [0.1, 0.15) is 0 Å². The van der Waals surface area contributed by atoms with Gasteiger partial charge in [-0.2, -0.15) is 5.26 Å². The summed E-state index contributed by atoms with van der Waals surface area (Å²) in [5.41, 5.74) is 1.50. The highest BCUT2D eigenvalue weighted by Crippen LogP contribution is 2.26. The molecule has 7 heteroatoms. The molecule has 0 atom stereocenters. The number of benzene rings is 2. The molecule has 0 spiro atoms. The van der Waals surface area contributed by atoms with Gasteiger partial charge in [0, 0.05) is 29.7 Å². The van der Waals surface area contributed by atoms with Gasteiger partial charge >= 0.3 is 0 Å². The van der Waals surface area contributed by atoms with E-state index in [0.717, 1.165) is 10.2 Å². The van der Waals surface area contributed by atoms with E-state index in [9.17, 15) is 14.4 Å². The molecular weight excluding hydrogens is 422 g/mol. The summed E-state index contributed by atoms with van der Waals surface area (Å²) >= 11 is 3.31. The van der Waals surface area contributed by atoms with Crippen LogP contribution in [-0.4, -0.2) is 35.7 Å². The van der Waals surface area contributed by atoms with Crippen LogP contribution in [0, 0.1) is 11.3 Å². The van der Waals surface area contributed by atoms with Gasteiger partial charge in [0.2, 0.25) is 5.91 Å².